The van der Waals surface area contributed by atoms with Crippen LogP contribution in [0.15, 0.2) is 97.2 Å². The smallest absolute Gasteiger partial charge is 0.237 e. The van der Waals surface area contributed by atoms with E-state index < -0.39 is 23.1 Å². The summed E-state index contributed by atoms with van der Waals surface area (Å²) in [5.41, 5.74) is 3.14. The summed E-state index contributed by atoms with van der Waals surface area (Å²) in [6.07, 6.45) is 4.41. The highest BCUT2D eigenvalue weighted by molar-refractivity contribution is 6.31. The zero-order valence-electron chi connectivity index (χ0n) is 25.0. The maximum absolute atomic E-state index is 14.9. The van der Waals surface area contributed by atoms with Crippen LogP contribution in [0.3, 0.4) is 0 Å². The summed E-state index contributed by atoms with van der Waals surface area (Å²) in [5.74, 6) is -0.267. The lowest BCUT2D eigenvalue weighted by molar-refractivity contribution is -0.129. The third-order valence-electron chi connectivity index (χ3n) is 10.7. The van der Waals surface area contributed by atoms with Crippen LogP contribution < -0.4 is 5.32 Å². The third-order valence-corrected chi connectivity index (χ3v) is 11.1. The highest BCUT2D eigenvalue weighted by Crippen LogP contribution is 2.67. The van der Waals surface area contributed by atoms with Gasteiger partial charge in [-0.05, 0) is 77.6 Å². The van der Waals surface area contributed by atoms with Crippen LogP contribution in [-0.4, -0.2) is 33.0 Å². The number of aliphatic hydroxyl groups is 1. The molecule has 4 atom stereocenters. The molecule has 226 valence electrons. The van der Waals surface area contributed by atoms with Gasteiger partial charge < -0.3 is 10.4 Å². The van der Waals surface area contributed by atoms with E-state index in [1.54, 1.807) is 6.20 Å². The molecule has 0 radical (unpaired) electrons. The van der Waals surface area contributed by atoms with E-state index in [4.69, 9.17) is 23.2 Å². The number of aliphatic hydroxyl groups excluding tert-OH is 1. The van der Waals surface area contributed by atoms with Gasteiger partial charge in [-0.25, -0.2) is 4.98 Å². The Labute approximate surface area is 269 Å². The normalized spacial score (nSPS) is 25.1. The topological polar surface area (TPSA) is 65.5 Å². The molecule has 1 aliphatic carbocycles. The Bertz CT molecular complexity index is 1690. The van der Waals surface area contributed by atoms with Gasteiger partial charge in [0.05, 0.1) is 12.1 Å². The van der Waals surface area contributed by atoms with Gasteiger partial charge in [-0.1, -0.05) is 104 Å². The predicted octanol–water partition coefficient (Wildman–Crippen LogP) is 8.49. The molecule has 2 spiro atoms. The lowest BCUT2D eigenvalue weighted by Gasteiger charge is -2.55. The number of aromatic nitrogens is 1. The summed E-state index contributed by atoms with van der Waals surface area (Å²) in [6, 6.07) is 29.5. The fourth-order valence-corrected chi connectivity index (χ4v) is 8.94. The molecule has 44 heavy (non-hydrogen) atoms. The summed E-state index contributed by atoms with van der Waals surface area (Å²) in [4.78, 5) is 21.7. The number of nitrogens with one attached hydrogen (secondary N) is 1. The molecule has 0 bridgehead atoms. The van der Waals surface area contributed by atoms with Gasteiger partial charge in [-0.2, -0.15) is 0 Å². The molecule has 5 nitrogen and oxygen atoms in total. The zero-order chi connectivity index (χ0) is 30.7. The quantitative estimate of drug-likeness (QED) is 0.218. The third kappa shape index (κ3) is 4.51. The fourth-order valence-electron chi connectivity index (χ4n) is 8.58. The van der Waals surface area contributed by atoms with E-state index in [2.05, 4.69) is 41.2 Å². The standard InChI is InChI=1S/C37H37Cl2N3O2/c1-35(2)16-18-36(19-17-35)37(28-14-13-27(38)22-30(28)41-34(37)44)29(26-15-20-40-31(39)21-26)23-42(36)32(24-9-5-3-6-10-24)33(43)25-11-7-4-8-12-25/h3-15,20-22,29,32-33,43H,16-19,23H2,1-2H3,(H,41,44)/t29-,32-,33+,37?/m1/s1. The second-order valence-electron chi connectivity index (χ2n) is 13.5. The number of amides is 1. The van der Waals surface area contributed by atoms with Crippen molar-refractivity contribution in [3.63, 3.8) is 0 Å². The molecule has 1 unspecified atom stereocenters. The van der Waals surface area contributed by atoms with Crippen LogP contribution in [0, 0.1) is 5.41 Å². The van der Waals surface area contributed by atoms with Crippen molar-refractivity contribution in [2.45, 2.75) is 68.5 Å². The maximum atomic E-state index is 14.9. The van der Waals surface area contributed by atoms with Gasteiger partial charge >= 0.3 is 0 Å². The number of fused-ring (bicyclic) bond motifs is 3. The summed E-state index contributed by atoms with van der Waals surface area (Å²) in [7, 11) is 0. The molecule has 2 N–H and O–H groups in total. The summed E-state index contributed by atoms with van der Waals surface area (Å²) in [6.45, 7) is 5.20. The Morgan fingerprint density at radius 1 is 0.886 bits per heavy atom. The summed E-state index contributed by atoms with van der Waals surface area (Å²) < 4.78 is 0. The Morgan fingerprint density at radius 3 is 2.20 bits per heavy atom. The first-order valence-electron chi connectivity index (χ1n) is 15.4. The van der Waals surface area contributed by atoms with E-state index in [1.165, 1.54) is 0 Å². The second-order valence-corrected chi connectivity index (χ2v) is 14.3. The number of rotatable bonds is 5. The minimum Gasteiger partial charge on any atom is -0.386 e. The largest absolute Gasteiger partial charge is 0.386 e. The average Bonchev–Trinajstić information content (AvgIpc) is 3.47. The molecular formula is C37H37Cl2N3O2. The van der Waals surface area contributed by atoms with Gasteiger partial charge in [0, 0.05) is 34.9 Å². The number of carbonyl (C=O) groups excluding carboxylic acids is 1. The van der Waals surface area contributed by atoms with Crippen molar-refractivity contribution in [2.75, 3.05) is 11.9 Å². The number of hydrogen-bond acceptors (Lipinski definition) is 4. The lowest BCUT2D eigenvalue weighted by atomic mass is 9.53. The van der Waals surface area contributed by atoms with E-state index in [0.29, 0.717) is 16.7 Å². The Hall–Kier alpha value is -3.22. The number of carbonyl (C=O) groups is 1. The van der Waals surface area contributed by atoms with Crippen molar-refractivity contribution < 1.29 is 9.90 Å². The molecule has 3 aromatic carbocycles. The zero-order valence-corrected chi connectivity index (χ0v) is 26.5. The molecule has 1 saturated carbocycles. The average molecular weight is 627 g/mol. The number of hydrogen-bond donors (Lipinski definition) is 2. The molecule has 3 aliphatic rings. The molecular weight excluding hydrogens is 589 g/mol. The van der Waals surface area contributed by atoms with E-state index in [9.17, 15) is 9.90 Å². The van der Waals surface area contributed by atoms with E-state index in [1.807, 2.05) is 78.9 Å². The van der Waals surface area contributed by atoms with Crippen LogP contribution >= 0.6 is 23.2 Å². The molecule has 4 aromatic rings. The van der Waals surface area contributed by atoms with Crippen LogP contribution in [0.5, 0.6) is 0 Å². The molecule has 1 amide bonds. The number of halogens is 2. The molecule has 2 fully saturated rings. The van der Waals surface area contributed by atoms with Crippen molar-refractivity contribution in [3.8, 4) is 0 Å². The Kier molecular flexibility index (Phi) is 7.37. The van der Waals surface area contributed by atoms with E-state index in [0.717, 1.165) is 53.6 Å². The van der Waals surface area contributed by atoms with Gasteiger partial charge in [0.15, 0.2) is 0 Å². The first-order chi connectivity index (χ1) is 21.2. The van der Waals surface area contributed by atoms with Crippen LogP contribution in [0.2, 0.25) is 10.2 Å². The van der Waals surface area contributed by atoms with Gasteiger partial charge in [-0.3, -0.25) is 9.69 Å². The molecule has 1 aromatic heterocycles. The summed E-state index contributed by atoms with van der Waals surface area (Å²) in [5, 5.41) is 16.6. The van der Waals surface area contributed by atoms with Gasteiger partial charge in [0.2, 0.25) is 5.91 Å². The number of anilines is 1. The lowest BCUT2D eigenvalue weighted by Crippen LogP contribution is -2.63. The Balaban J connectivity index is 1.52. The van der Waals surface area contributed by atoms with Crippen LogP contribution in [-0.2, 0) is 10.2 Å². The minimum atomic E-state index is -0.947. The van der Waals surface area contributed by atoms with Crippen LogP contribution in [0.25, 0.3) is 0 Å². The predicted molar refractivity (Wildman–Crippen MR) is 176 cm³/mol. The summed E-state index contributed by atoms with van der Waals surface area (Å²) >= 11 is 13.0. The molecule has 2 aliphatic heterocycles. The van der Waals surface area contributed by atoms with Gasteiger partial charge in [-0.15, -0.1) is 0 Å². The monoisotopic (exact) mass is 625 g/mol. The van der Waals surface area contributed by atoms with Crippen molar-refractivity contribution in [2.24, 2.45) is 5.41 Å². The highest BCUT2D eigenvalue weighted by Gasteiger charge is 2.72. The first kappa shape index (κ1) is 29.5. The highest BCUT2D eigenvalue weighted by atomic mass is 35.5. The van der Waals surface area contributed by atoms with Gasteiger partial charge in [0.25, 0.3) is 0 Å². The maximum Gasteiger partial charge on any atom is 0.237 e. The van der Waals surface area contributed by atoms with Crippen LogP contribution in [0.1, 0.15) is 79.8 Å². The van der Waals surface area contributed by atoms with Crippen molar-refractivity contribution in [1.29, 1.82) is 0 Å². The van der Waals surface area contributed by atoms with Crippen molar-refractivity contribution >= 4 is 34.8 Å². The Morgan fingerprint density at radius 2 is 1.55 bits per heavy atom. The number of likely N-dealkylation sites (tertiary alicyclic amines) is 1. The number of benzene rings is 3. The van der Waals surface area contributed by atoms with Crippen molar-refractivity contribution in [3.05, 3.63) is 130 Å². The molecule has 7 heteroatoms. The SMILES string of the molecule is CC1(C)CCC2(CC1)N([C@H](c1ccccc1)[C@@H](O)c1ccccc1)C[C@H](c1ccnc(Cl)c1)C21C(=O)Nc2cc(Cl)ccc21. The fraction of sp³-hybridized carbons (Fsp3) is 0.351. The molecule has 3 heterocycles. The van der Waals surface area contributed by atoms with Crippen molar-refractivity contribution in [1.82, 2.24) is 9.88 Å². The molecule has 1 saturated heterocycles. The number of nitrogens with zero attached hydrogens (tertiary/aromatic N) is 2. The van der Waals surface area contributed by atoms with E-state index >= 15 is 0 Å². The number of pyridine rings is 1. The van der Waals surface area contributed by atoms with Crippen LogP contribution in [0.4, 0.5) is 5.69 Å². The second kappa shape index (κ2) is 11.0. The van der Waals surface area contributed by atoms with Gasteiger partial charge in [0.1, 0.15) is 10.6 Å². The first-order valence-corrected chi connectivity index (χ1v) is 16.2. The molecule has 7 rings (SSSR count). The minimum absolute atomic E-state index is 0.0177. The van der Waals surface area contributed by atoms with E-state index in [-0.39, 0.29) is 17.2 Å².